The summed E-state index contributed by atoms with van der Waals surface area (Å²) in [5.41, 5.74) is 0.511. The van der Waals surface area contributed by atoms with Gasteiger partial charge in [0.05, 0.1) is 13.0 Å². The molecule has 2 aromatic carbocycles. The molecule has 1 amide bonds. The van der Waals surface area contributed by atoms with Gasteiger partial charge < -0.3 is 14.8 Å². The fourth-order valence-electron chi connectivity index (χ4n) is 1.97. The van der Waals surface area contributed by atoms with E-state index < -0.39 is 0 Å². The maximum absolute atomic E-state index is 12.0. The Labute approximate surface area is 141 Å². The molecule has 0 saturated heterocycles. The fourth-order valence-corrected chi connectivity index (χ4v) is 1.97. The molecule has 0 atom stereocenters. The van der Waals surface area contributed by atoms with Gasteiger partial charge in [-0.05, 0) is 42.8 Å². The highest BCUT2D eigenvalue weighted by Crippen LogP contribution is 2.21. The van der Waals surface area contributed by atoms with Crippen LogP contribution in [-0.4, -0.2) is 25.0 Å². The lowest BCUT2D eigenvalue weighted by Crippen LogP contribution is -2.26. The predicted octanol–water partition coefficient (Wildman–Crippen LogP) is 3.55. The van der Waals surface area contributed by atoms with Gasteiger partial charge in [0, 0.05) is 12.1 Å². The van der Waals surface area contributed by atoms with Crippen LogP contribution in [0.4, 0.5) is 0 Å². The van der Waals surface area contributed by atoms with Gasteiger partial charge in [0.2, 0.25) is 0 Å². The van der Waals surface area contributed by atoms with E-state index in [1.54, 1.807) is 24.3 Å². The molecule has 0 radical (unpaired) electrons. The molecule has 24 heavy (non-hydrogen) atoms. The number of hydrogen-bond donors (Lipinski definition) is 1. The first kappa shape index (κ1) is 17.5. The molecule has 1 N–H and O–H groups in total. The van der Waals surface area contributed by atoms with Gasteiger partial charge in [0.1, 0.15) is 11.5 Å². The number of ether oxygens (including phenoxy) is 2. The molecule has 0 fully saturated rings. The van der Waals surface area contributed by atoms with Crippen LogP contribution in [0.1, 0.15) is 30.1 Å². The number of carbonyl (C=O) groups is 2. The third-order valence-corrected chi connectivity index (χ3v) is 3.18. The summed E-state index contributed by atoms with van der Waals surface area (Å²) < 4.78 is 10.6. The van der Waals surface area contributed by atoms with Crippen LogP contribution in [0.25, 0.3) is 0 Å². The summed E-state index contributed by atoms with van der Waals surface area (Å²) in [6.45, 7) is 2.60. The van der Waals surface area contributed by atoms with Gasteiger partial charge in [-0.3, -0.25) is 9.59 Å². The zero-order valence-corrected chi connectivity index (χ0v) is 13.7. The second-order valence-corrected chi connectivity index (χ2v) is 5.17. The molecule has 0 aliphatic carbocycles. The van der Waals surface area contributed by atoms with Crippen molar-refractivity contribution >= 4 is 11.9 Å². The molecule has 2 aromatic rings. The number of amides is 1. The Morgan fingerprint density at radius 2 is 1.62 bits per heavy atom. The Kier molecular flexibility index (Phi) is 6.83. The first-order chi connectivity index (χ1) is 11.7. The SMILES string of the molecule is CCCOC(=O)CCNC(=O)c1ccc(Oc2ccccc2)cc1. The number of para-hydroxylation sites is 1. The summed E-state index contributed by atoms with van der Waals surface area (Å²) in [5, 5.41) is 2.69. The van der Waals surface area contributed by atoms with Gasteiger partial charge in [-0.15, -0.1) is 0 Å². The van der Waals surface area contributed by atoms with Gasteiger partial charge in [-0.25, -0.2) is 0 Å². The summed E-state index contributed by atoms with van der Waals surface area (Å²) in [5.74, 6) is 0.856. The molecule has 0 saturated carbocycles. The Morgan fingerprint density at radius 1 is 0.958 bits per heavy atom. The molecule has 5 nitrogen and oxygen atoms in total. The highest BCUT2D eigenvalue weighted by molar-refractivity contribution is 5.94. The molecule has 0 aromatic heterocycles. The molecule has 0 bridgehead atoms. The van der Waals surface area contributed by atoms with Crippen molar-refractivity contribution in [2.45, 2.75) is 19.8 Å². The highest BCUT2D eigenvalue weighted by Gasteiger charge is 2.07. The first-order valence-electron chi connectivity index (χ1n) is 7.96. The number of benzene rings is 2. The van der Waals surface area contributed by atoms with Crippen LogP contribution < -0.4 is 10.1 Å². The van der Waals surface area contributed by atoms with Crippen molar-refractivity contribution in [3.63, 3.8) is 0 Å². The number of nitrogens with one attached hydrogen (secondary N) is 1. The average Bonchev–Trinajstić information content (AvgIpc) is 2.61. The monoisotopic (exact) mass is 327 g/mol. The van der Waals surface area contributed by atoms with Gasteiger partial charge in [0.25, 0.3) is 5.91 Å². The molecular weight excluding hydrogens is 306 g/mol. The van der Waals surface area contributed by atoms with Crippen LogP contribution in [0, 0.1) is 0 Å². The fraction of sp³-hybridized carbons (Fsp3) is 0.263. The summed E-state index contributed by atoms with van der Waals surface area (Å²) >= 11 is 0. The Morgan fingerprint density at radius 3 is 2.29 bits per heavy atom. The van der Waals surface area contributed by atoms with Crippen LogP contribution in [0.15, 0.2) is 54.6 Å². The lowest BCUT2D eigenvalue weighted by Gasteiger charge is -2.08. The van der Waals surface area contributed by atoms with Gasteiger partial charge in [-0.1, -0.05) is 25.1 Å². The van der Waals surface area contributed by atoms with Crippen molar-refractivity contribution in [2.24, 2.45) is 0 Å². The lowest BCUT2D eigenvalue weighted by molar-refractivity contribution is -0.143. The van der Waals surface area contributed by atoms with Crippen molar-refractivity contribution in [3.8, 4) is 11.5 Å². The second kappa shape index (κ2) is 9.35. The van der Waals surface area contributed by atoms with Gasteiger partial charge in [-0.2, -0.15) is 0 Å². The maximum atomic E-state index is 12.0. The van der Waals surface area contributed by atoms with Crippen molar-refractivity contribution < 1.29 is 19.1 Å². The summed E-state index contributed by atoms with van der Waals surface area (Å²) in [6.07, 6.45) is 0.955. The van der Waals surface area contributed by atoms with Crippen molar-refractivity contribution in [2.75, 3.05) is 13.2 Å². The van der Waals surface area contributed by atoms with E-state index >= 15 is 0 Å². The topological polar surface area (TPSA) is 64.6 Å². The predicted molar refractivity (Wildman–Crippen MR) is 91.2 cm³/mol. The lowest BCUT2D eigenvalue weighted by atomic mass is 10.2. The van der Waals surface area contributed by atoms with Crippen LogP contribution >= 0.6 is 0 Å². The minimum atomic E-state index is -0.302. The minimum absolute atomic E-state index is 0.168. The van der Waals surface area contributed by atoms with Gasteiger partial charge >= 0.3 is 5.97 Å². The number of esters is 1. The number of carbonyl (C=O) groups excluding carboxylic acids is 2. The standard InChI is InChI=1S/C19H21NO4/c1-2-14-23-18(21)12-13-20-19(22)15-8-10-17(11-9-15)24-16-6-4-3-5-7-16/h3-11H,2,12-14H2,1H3,(H,20,22). The van der Waals surface area contributed by atoms with E-state index in [0.717, 1.165) is 12.2 Å². The zero-order chi connectivity index (χ0) is 17.2. The van der Waals surface area contributed by atoms with Crippen LogP contribution in [-0.2, 0) is 9.53 Å². The van der Waals surface area contributed by atoms with E-state index in [2.05, 4.69) is 5.32 Å². The van der Waals surface area contributed by atoms with E-state index in [0.29, 0.717) is 17.9 Å². The third kappa shape index (κ3) is 5.76. The Balaban J connectivity index is 1.80. The van der Waals surface area contributed by atoms with Crippen LogP contribution in [0.5, 0.6) is 11.5 Å². The van der Waals surface area contributed by atoms with E-state index in [1.807, 2.05) is 37.3 Å². The van der Waals surface area contributed by atoms with E-state index in [9.17, 15) is 9.59 Å². The molecule has 0 unspecified atom stereocenters. The Hall–Kier alpha value is -2.82. The van der Waals surface area contributed by atoms with Crippen molar-refractivity contribution in [1.82, 2.24) is 5.32 Å². The largest absolute Gasteiger partial charge is 0.466 e. The maximum Gasteiger partial charge on any atom is 0.307 e. The summed E-state index contributed by atoms with van der Waals surface area (Å²) in [7, 11) is 0. The van der Waals surface area contributed by atoms with Gasteiger partial charge in [0.15, 0.2) is 0 Å². The smallest absolute Gasteiger partial charge is 0.307 e. The molecule has 0 spiro atoms. The average molecular weight is 327 g/mol. The van der Waals surface area contributed by atoms with E-state index in [1.165, 1.54) is 0 Å². The normalized spacial score (nSPS) is 10.0. The zero-order valence-electron chi connectivity index (χ0n) is 13.7. The molecule has 2 rings (SSSR count). The third-order valence-electron chi connectivity index (χ3n) is 3.18. The molecule has 0 aliphatic heterocycles. The number of hydrogen-bond acceptors (Lipinski definition) is 4. The molecule has 0 heterocycles. The van der Waals surface area contributed by atoms with E-state index in [-0.39, 0.29) is 24.8 Å². The second-order valence-electron chi connectivity index (χ2n) is 5.17. The molecule has 126 valence electrons. The van der Waals surface area contributed by atoms with Crippen LogP contribution in [0.3, 0.4) is 0 Å². The van der Waals surface area contributed by atoms with Crippen LogP contribution in [0.2, 0.25) is 0 Å². The van der Waals surface area contributed by atoms with E-state index in [4.69, 9.17) is 9.47 Å². The molecular formula is C19H21NO4. The quantitative estimate of drug-likeness (QED) is 0.753. The number of rotatable bonds is 8. The summed E-state index contributed by atoms with van der Waals surface area (Å²) in [6, 6.07) is 16.3. The summed E-state index contributed by atoms with van der Waals surface area (Å²) in [4.78, 5) is 23.4. The van der Waals surface area contributed by atoms with Crippen molar-refractivity contribution in [3.05, 3.63) is 60.2 Å². The molecule has 0 aliphatic rings. The highest BCUT2D eigenvalue weighted by atomic mass is 16.5. The first-order valence-corrected chi connectivity index (χ1v) is 7.96. The van der Waals surface area contributed by atoms with Crippen molar-refractivity contribution in [1.29, 1.82) is 0 Å². The Bertz CT molecular complexity index is 653. The minimum Gasteiger partial charge on any atom is -0.466 e. The molecule has 5 heteroatoms.